The number of fused-ring (bicyclic) bond motifs is 1. The minimum Gasteiger partial charge on any atom is -0.497 e. The van der Waals surface area contributed by atoms with Crippen molar-refractivity contribution >= 4 is 17.1 Å². The van der Waals surface area contributed by atoms with E-state index in [2.05, 4.69) is 20.2 Å². The Kier molecular flexibility index (Phi) is 3.61. The van der Waals surface area contributed by atoms with E-state index in [1.54, 1.807) is 12.0 Å². The Morgan fingerprint density at radius 2 is 2.20 bits per heavy atom. The first-order valence-corrected chi connectivity index (χ1v) is 7.90. The molecule has 0 radical (unpaired) electrons. The van der Waals surface area contributed by atoms with Crippen LogP contribution in [-0.4, -0.2) is 62.4 Å². The summed E-state index contributed by atoms with van der Waals surface area (Å²) in [6, 6.07) is 5.70. The van der Waals surface area contributed by atoms with Crippen LogP contribution in [-0.2, 0) is 0 Å². The second-order valence-electron chi connectivity index (χ2n) is 6.07. The molecule has 4 rings (SSSR count). The number of H-pyrrole nitrogens is 1. The fourth-order valence-electron chi connectivity index (χ4n) is 2.91. The molecule has 1 amide bonds. The van der Waals surface area contributed by atoms with Gasteiger partial charge < -0.3 is 14.7 Å². The largest absolute Gasteiger partial charge is 0.497 e. The molecule has 1 fully saturated rings. The minimum atomic E-state index is -0.452. The number of likely N-dealkylation sites (tertiary alicyclic amines) is 1. The lowest BCUT2D eigenvalue weighted by molar-refractivity contribution is 0.00550. The van der Waals surface area contributed by atoms with Crippen molar-refractivity contribution in [2.24, 2.45) is 0 Å². The number of aryl methyl sites for hydroxylation is 1. The number of carbonyl (C=O) groups excluding carboxylic acids is 1. The summed E-state index contributed by atoms with van der Waals surface area (Å²) in [5, 5.41) is 16.5. The van der Waals surface area contributed by atoms with Gasteiger partial charge >= 0.3 is 0 Å². The Bertz CT molecular complexity index is 962. The van der Waals surface area contributed by atoms with E-state index in [0.717, 1.165) is 16.9 Å². The normalized spacial score (nSPS) is 14.6. The van der Waals surface area contributed by atoms with E-state index in [-0.39, 0.29) is 11.6 Å². The maximum atomic E-state index is 12.4. The molecule has 1 aliphatic heterocycles. The van der Waals surface area contributed by atoms with E-state index in [9.17, 15) is 9.90 Å². The predicted octanol–water partition coefficient (Wildman–Crippen LogP) is 1.15. The number of carbonyl (C=O) groups is 1. The number of aromatic amines is 1. The Balaban J connectivity index is 1.75. The molecular formula is C17H17N5O3. The molecule has 3 aromatic rings. The van der Waals surface area contributed by atoms with E-state index in [1.165, 1.54) is 6.20 Å². The van der Waals surface area contributed by atoms with Crippen LogP contribution in [0, 0.1) is 6.92 Å². The first kappa shape index (κ1) is 15.5. The number of amides is 1. The molecule has 128 valence electrons. The van der Waals surface area contributed by atoms with Crippen LogP contribution in [0.3, 0.4) is 0 Å². The number of ether oxygens (including phenoxy) is 1. The molecular weight excluding hydrogens is 322 g/mol. The predicted molar refractivity (Wildman–Crippen MR) is 90.3 cm³/mol. The molecule has 0 atom stereocenters. The Hall–Kier alpha value is -3.00. The third kappa shape index (κ3) is 2.60. The van der Waals surface area contributed by atoms with E-state index < -0.39 is 6.10 Å². The number of benzene rings is 1. The monoisotopic (exact) mass is 339 g/mol. The van der Waals surface area contributed by atoms with E-state index in [1.807, 2.05) is 25.1 Å². The maximum Gasteiger partial charge on any atom is 0.274 e. The van der Waals surface area contributed by atoms with E-state index in [0.29, 0.717) is 29.9 Å². The number of nitrogens with zero attached hydrogens (tertiary/aromatic N) is 4. The Labute approximate surface area is 143 Å². The van der Waals surface area contributed by atoms with Gasteiger partial charge in [0.05, 0.1) is 25.1 Å². The minimum absolute atomic E-state index is 0.238. The third-order valence-corrected chi connectivity index (χ3v) is 4.34. The number of β-amino-alcohol motifs (C(OH)–C–C–N with tert-alkyl or cyclic N) is 1. The lowest BCUT2D eigenvalue weighted by atomic mass is 10.0. The van der Waals surface area contributed by atoms with Crippen molar-refractivity contribution in [1.82, 2.24) is 25.1 Å². The van der Waals surface area contributed by atoms with Gasteiger partial charge in [0, 0.05) is 18.7 Å². The summed E-state index contributed by atoms with van der Waals surface area (Å²) in [7, 11) is 1.62. The Morgan fingerprint density at radius 1 is 1.40 bits per heavy atom. The van der Waals surface area contributed by atoms with Gasteiger partial charge in [-0.3, -0.25) is 9.89 Å². The number of aliphatic hydroxyl groups excluding tert-OH is 1. The summed E-state index contributed by atoms with van der Waals surface area (Å²) in [4.78, 5) is 22.6. The lowest BCUT2D eigenvalue weighted by Crippen LogP contribution is -2.53. The number of hydrogen-bond acceptors (Lipinski definition) is 6. The summed E-state index contributed by atoms with van der Waals surface area (Å²) in [6.07, 6.45) is 0.966. The molecule has 1 aromatic carbocycles. The number of aromatic nitrogens is 4. The number of aliphatic hydroxyl groups is 1. The van der Waals surface area contributed by atoms with Crippen molar-refractivity contribution in [2.75, 3.05) is 20.2 Å². The molecule has 8 heteroatoms. The quantitative estimate of drug-likeness (QED) is 0.742. The van der Waals surface area contributed by atoms with Crippen LogP contribution in [0.15, 0.2) is 24.4 Å². The molecule has 8 nitrogen and oxygen atoms in total. The van der Waals surface area contributed by atoms with Crippen LogP contribution >= 0.6 is 0 Å². The summed E-state index contributed by atoms with van der Waals surface area (Å²) in [5.41, 5.74) is 3.86. The molecule has 0 aliphatic carbocycles. The average Bonchev–Trinajstić information content (AvgIpc) is 3.01. The molecule has 0 bridgehead atoms. The lowest BCUT2D eigenvalue weighted by Gasteiger charge is -2.35. The van der Waals surface area contributed by atoms with Crippen LogP contribution in [0.4, 0.5) is 0 Å². The van der Waals surface area contributed by atoms with Crippen molar-refractivity contribution in [2.45, 2.75) is 13.0 Å². The SMILES string of the molecule is COc1ccc(-c2[nH]nc3ncc(C(=O)N4CC(O)C4)nc23)c(C)c1. The fraction of sp³-hybridized carbons (Fsp3) is 0.294. The molecule has 25 heavy (non-hydrogen) atoms. The fourth-order valence-corrected chi connectivity index (χ4v) is 2.91. The molecule has 0 spiro atoms. The van der Waals surface area contributed by atoms with Crippen LogP contribution in [0.5, 0.6) is 5.75 Å². The highest BCUT2D eigenvalue weighted by atomic mass is 16.5. The highest BCUT2D eigenvalue weighted by Crippen LogP contribution is 2.29. The van der Waals surface area contributed by atoms with Crippen LogP contribution in [0.25, 0.3) is 22.4 Å². The van der Waals surface area contributed by atoms with Gasteiger partial charge in [-0.15, -0.1) is 0 Å². The number of nitrogens with one attached hydrogen (secondary N) is 1. The van der Waals surface area contributed by atoms with Gasteiger partial charge in [0.2, 0.25) is 0 Å². The first-order valence-electron chi connectivity index (χ1n) is 7.90. The zero-order chi connectivity index (χ0) is 17.6. The molecule has 0 saturated carbocycles. The summed E-state index contributed by atoms with van der Waals surface area (Å²) >= 11 is 0. The van der Waals surface area contributed by atoms with Gasteiger partial charge in [-0.2, -0.15) is 5.10 Å². The number of methoxy groups -OCH3 is 1. The molecule has 3 heterocycles. The van der Waals surface area contributed by atoms with E-state index in [4.69, 9.17) is 4.74 Å². The molecule has 2 N–H and O–H groups in total. The highest BCUT2D eigenvalue weighted by molar-refractivity contribution is 5.96. The van der Waals surface area contributed by atoms with Gasteiger partial charge in [0.1, 0.15) is 17.0 Å². The van der Waals surface area contributed by atoms with Crippen molar-refractivity contribution < 1.29 is 14.6 Å². The second-order valence-corrected chi connectivity index (χ2v) is 6.07. The van der Waals surface area contributed by atoms with Gasteiger partial charge in [-0.05, 0) is 30.7 Å². The van der Waals surface area contributed by atoms with Crippen LogP contribution < -0.4 is 4.74 Å². The molecule has 0 unspecified atom stereocenters. The smallest absolute Gasteiger partial charge is 0.274 e. The van der Waals surface area contributed by atoms with Crippen molar-refractivity contribution in [3.8, 4) is 17.0 Å². The average molecular weight is 339 g/mol. The van der Waals surface area contributed by atoms with E-state index >= 15 is 0 Å². The second kappa shape index (κ2) is 5.82. The Morgan fingerprint density at radius 3 is 2.88 bits per heavy atom. The first-order chi connectivity index (χ1) is 12.1. The van der Waals surface area contributed by atoms with Gasteiger partial charge in [-0.1, -0.05) is 0 Å². The summed E-state index contributed by atoms with van der Waals surface area (Å²) in [5.74, 6) is 0.529. The molecule has 1 saturated heterocycles. The van der Waals surface area contributed by atoms with Crippen molar-refractivity contribution in [3.63, 3.8) is 0 Å². The summed E-state index contributed by atoms with van der Waals surface area (Å²) in [6.45, 7) is 2.62. The molecule has 1 aliphatic rings. The zero-order valence-electron chi connectivity index (χ0n) is 13.9. The van der Waals surface area contributed by atoms with Gasteiger partial charge in [-0.25, -0.2) is 9.97 Å². The third-order valence-electron chi connectivity index (χ3n) is 4.34. The van der Waals surface area contributed by atoms with Crippen molar-refractivity contribution in [3.05, 3.63) is 35.7 Å². The topological polar surface area (TPSA) is 104 Å². The highest BCUT2D eigenvalue weighted by Gasteiger charge is 2.30. The maximum absolute atomic E-state index is 12.4. The number of hydrogen-bond donors (Lipinski definition) is 2. The number of rotatable bonds is 3. The standard InChI is InChI=1S/C17H17N5O3/c1-9-5-11(25-2)3-4-12(9)14-15-16(21-20-14)18-6-13(19-15)17(24)22-7-10(23)8-22/h3-6,10,23H,7-8H2,1-2H3,(H,18,20,21). The van der Waals surface area contributed by atoms with Crippen molar-refractivity contribution in [1.29, 1.82) is 0 Å². The summed E-state index contributed by atoms with van der Waals surface area (Å²) < 4.78 is 5.23. The van der Waals surface area contributed by atoms with Gasteiger partial charge in [0.15, 0.2) is 5.65 Å². The zero-order valence-corrected chi connectivity index (χ0v) is 13.9. The molecule has 2 aromatic heterocycles. The van der Waals surface area contributed by atoms with Crippen LogP contribution in [0.1, 0.15) is 16.1 Å². The van der Waals surface area contributed by atoms with Gasteiger partial charge in [0.25, 0.3) is 5.91 Å². The van der Waals surface area contributed by atoms with Crippen LogP contribution in [0.2, 0.25) is 0 Å².